The average Bonchev–Trinajstić information content (AvgIpc) is 1.75. The number of ether oxygens (including phenoxy) is 1. The quantitative estimate of drug-likeness (QED) is 0.0194. The van der Waals surface area contributed by atoms with Gasteiger partial charge in [0.1, 0.15) is 28.9 Å². The third-order valence-electron chi connectivity index (χ3n) is 17.2. The minimum Gasteiger partial charge on any atom is -0.455 e. The van der Waals surface area contributed by atoms with Crippen molar-refractivity contribution < 1.29 is 42.1 Å². The maximum Gasteiger partial charge on any atom is 0.293 e. The molecule has 450 valence electrons. The average molecular weight is 1210 g/mol. The Labute approximate surface area is 504 Å². The fourth-order valence-electron chi connectivity index (χ4n) is 12.5. The van der Waals surface area contributed by atoms with E-state index in [1.807, 2.05) is 18.2 Å². The number of H-pyrrole nitrogens is 1. The van der Waals surface area contributed by atoms with Gasteiger partial charge in [-0.15, -0.1) is 0 Å². The molecule has 0 bridgehead atoms. The first-order valence-electron chi connectivity index (χ1n) is 29.5. The van der Waals surface area contributed by atoms with Crippen LogP contribution in [0.5, 0.6) is 11.5 Å². The second-order valence-electron chi connectivity index (χ2n) is 23.8. The number of unbranched alkanes of at least 4 members (excludes halogenated alkanes) is 2. The maximum atomic E-state index is 14.2. The van der Waals surface area contributed by atoms with Gasteiger partial charge in [-0.3, -0.25) is 49.2 Å². The molecule has 86 heavy (non-hydrogen) atoms. The molecular weight excluding hydrogens is 1140 g/mol. The number of sulfonamides is 1. The predicted octanol–water partition coefficient (Wildman–Crippen LogP) is 9.63. The van der Waals surface area contributed by atoms with Gasteiger partial charge in [0.15, 0.2) is 0 Å². The number of carbonyl (C=O) groups excluding carboxylic acids is 5. The van der Waals surface area contributed by atoms with Crippen molar-refractivity contribution in [3.63, 3.8) is 0 Å². The van der Waals surface area contributed by atoms with Gasteiger partial charge in [0.05, 0.1) is 32.7 Å². The zero-order valence-corrected chi connectivity index (χ0v) is 49.7. The minimum atomic E-state index is -4.65. The molecule has 1 aliphatic carbocycles. The van der Waals surface area contributed by atoms with E-state index in [2.05, 4.69) is 71.3 Å². The van der Waals surface area contributed by atoms with E-state index in [0.29, 0.717) is 48.3 Å². The summed E-state index contributed by atoms with van der Waals surface area (Å²) in [5, 5.41) is 22.7. The number of carbonyl (C=O) groups is 5. The number of amides is 5. The third kappa shape index (κ3) is 13.4. The van der Waals surface area contributed by atoms with Gasteiger partial charge >= 0.3 is 0 Å². The summed E-state index contributed by atoms with van der Waals surface area (Å²) in [5.74, 6) is -2.59. The number of nitro groups is 1. The summed E-state index contributed by atoms with van der Waals surface area (Å²) >= 11 is 6.27. The van der Waals surface area contributed by atoms with Crippen molar-refractivity contribution >= 4 is 90.5 Å². The zero-order chi connectivity index (χ0) is 60.3. The van der Waals surface area contributed by atoms with Gasteiger partial charge in [-0.2, -0.15) is 0 Å². The molecule has 11 rings (SSSR count). The van der Waals surface area contributed by atoms with Gasteiger partial charge in [-0.1, -0.05) is 55.6 Å². The molecule has 4 aliphatic heterocycles. The highest BCUT2D eigenvalue weighted by Gasteiger charge is 2.46. The smallest absolute Gasteiger partial charge is 0.293 e. The maximum absolute atomic E-state index is 14.2. The first kappa shape index (κ1) is 59.5. The van der Waals surface area contributed by atoms with Crippen LogP contribution in [0.3, 0.4) is 0 Å². The molecule has 6 aromatic rings. The van der Waals surface area contributed by atoms with Crippen molar-refractivity contribution in [3.05, 3.63) is 146 Å². The van der Waals surface area contributed by atoms with Gasteiger partial charge in [0, 0.05) is 98.9 Å². The van der Waals surface area contributed by atoms with Crippen LogP contribution >= 0.6 is 11.6 Å². The lowest BCUT2D eigenvalue weighted by atomic mass is 9.72. The van der Waals surface area contributed by atoms with E-state index in [1.54, 1.807) is 42.6 Å². The molecule has 0 spiro atoms. The number of rotatable bonds is 21. The van der Waals surface area contributed by atoms with E-state index in [1.165, 1.54) is 41.1 Å². The fourth-order valence-corrected chi connectivity index (χ4v) is 13.6. The number of aromatic amines is 1. The summed E-state index contributed by atoms with van der Waals surface area (Å²) in [7, 11) is -4.65. The number of fused-ring (bicyclic) bond motifs is 2. The summed E-state index contributed by atoms with van der Waals surface area (Å²) in [6, 6.07) is 24.3. The van der Waals surface area contributed by atoms with Crippen LogP contribution in [0, 0.1) is 21.4 Å². The SMILES string of the molecule is CC1(C)CCC(CN2CCN(c3ccc(C(=O)NS(=O)(=O)c4ccc(NCC5CCCN(CCCCCNc6cccc7c6C(=O)N(C6CCC(=O)NC6=O)C7=O)C5)c([N+](=O)[O-])c4)c(Oc4cnc5[nH]ccc5c4)c3)CC2)=C(c2ccc(Cl)cc2)C1. The Morgan fingerprint density at radius 3 is 2.48 bits per heavy atom. The zero-order valence-electron chi connectivity index (χ0n) is 48.2. The molecule has 5 aliphatic rings. The largest absolute Gasteiger partial charge is 0.455 e. The van der Waals surface area contributed by atoms with Gasteiger partial charge in [0.25, 0.3) is 33.4 Å². The summed E-state index contributed by atoms with van der Waals surface area (Å²) in [5.41, 5.74) is 6.29. The highest BCUT2D eigenvalue weighted by Crippen LogP contribution is 2.44. The Morgan fingerprint density at radius 1 is 0.872 bits per heavy atom. The van der Waals surface area contributed by atoms with E-state index in [0.717, 1.165) is 113 Å². The van der Waals surface area contributed by atoms with E-state index in [4.69, 9.17) is 16.3 Å². The normalized spacial score (nSPS) is 19.4. The Morgan fingerprint density at radius 2 is 1.69 bits per heavy atom. The van der Waals surface area contributed by atoms with Crippen LogP contribution in [0.4, 0.5) is 22.7 Å². The summed E-state index contributed by atoms with van der Waals surface area (Å²) in [6.07, 6.45) is 10.9. The number of likely N-dealkylation sites (tertiary alicyclic amines) is 1. The van der Waals surface area contributed by atoms with E-state index < -0.39 is 61.1 Å². The van der Waals surface area contributed by atoms with Crippen LogP contribution < -0.4 is 30.3 Å². The highest BCUT2D eigenvalue weighted by molar-refractivity contribution is 7.90. The van der Waals surface area contributed by atoms with Crippen LogP contribution in [0.25, 0.3) is 16.6 Å². The first-order chi connectivity index (χ1) is 41.4. The van der Waals surface area contributed by atoms with E-state index in [9.17, 15) is 42.5 Å². The molecular formula is C63H70ClN11O10S. The number of allylic oxidation sites excluding steroid dienone is 1. The minimum absolute atomic E-state index is 0.0431. The van der Waals surface area contributed by atoms with Crippen LogP contribution in [-0.2, 0) is 19.6 Å². The number of halogens is 1. The molecule has 0 saturated carbocycles. The molecule has 5 amide bonds. The number of aromatic nitrogens is 2. The number of piperidine rings is 2. The monoisotopic (exact) mass is 1210 g/mol. The van der Waals surface area contributed by atoms with Gasteiger partial charge in [-0.05, 0) is 148 Å². The number of anilines is 3. The number of piperazine rings is 1. The number of hydrogen-bond donors (Lipinski definition) is 5. The number of pyridine rings is 1. The molecule has 6 heterocycles. The van der Waals surface area contributed by atoms with Crippen molar-refractivity contribution in [3.8, 4) is 11.5 Å². The molecule has 3 saturated heterocycles. The van der Waals surface area contributed by atoms with Crippen LogP contribution in [0.2, 0.25) is 5.02 Å². The number of hydrogen-bond acceptors (Lipinski definition) is 16. The predicted molar refractivity (Wildman–Crippen MR) is 328 cm³/mol. The Hall–Kier alpha value is -8.18. The number of nitrogens with one attached hydrogen (secondary N) is 5. The van der Waals surface area contributed by atoms with Crippen LogP contribution in [-0.4, -0.2) is 139 Å². The van der Waals surface area contributed by atoms with Gasteiger partial charge in [-0.25, -0.2) is 18.1 Å². The molecule has 2 unspecified atom stereocenters. The molecule has 23 heteroatoms. The second kappa shape index (κ2) is 25.4. The molecule has 3 fully saturated rings. The van der Waals surface area contributed by atoms with E-state index in [-0.39, 0.29) is 52.3 Å². The molecule has 2 aromatic heterocycles. The topological polar surface area (TPSA) is 262 Å². The van der Waals surface area contributed by atoms with Crippen LogP contribution in [0.1, 0.15) is 115 Å². The summed E-state index contributed by atoms with van der Waals surface area (Å²) < 4.78 is 36.5. The Bertz CT molecular complexity index is 3770. The summed E-state index contributed by atoms with van der Waals surface area (Å²) in [6.45, 7) is 12.0. The van der Waals surface area contributed by atoms with Crippen molar-refractivity contribution in [2.24, 2.45) is 11.3 Å². The Balaban J connectivity index is 0.688. The molecule has 2 atom stereocenters. The van der Waals surface area contributed by atoms with Gasteiger partial charge in [0.2, 0.25) is 11.8 Å². The number of nitrogens with zero attached hydrogens (tertiary/aromatic N) is 6. The second-order valence-corrected chi connectivity index (χ2v) is 25.9. The van der Waals surface area contributed by atoms with Crippen molar-refractivity contribution in [1.29, 1.82) is 0 Å². The van der Waals surface area contributed by atoms with Crippen molar-refractivity contribution in [2.45, 2.75) is 89.0 Å². The van der Waals surface area contributed by atoms with Crippen molar-refractivity contribution in [2.75, 3.05) is 81.0 Å². The lowest BCUT2D eigenvalue weighted by Gasteiger charge is -2.39. The molecule has 0 radical (unpaired) electrons. The number of nitro benzene ring substituents is 1. The molecule has 21 nitrogen and oxygen atoms in total. The highest BCUT2D eigenvalue weighted by atomic mass is 35.5. The van der Waals surface area contributed by atoms with E-state index >= 15 is 0 Å². The molecule has 5 N–H and O–H groups in total. The summed E-state index contributed by atoms with van der Waals surface area (Å²) in [4.78, 5) is 92.1. The fraction of sp³-hybridized carbons (Fsp3) is 0.397. The first-order valence-corrected chi connectivity index (χ1v) is 31.3. The lowest BCUT2D eigenvalue weighted by Crippen LogP contribution is -2.54. The Kier molecular flexibility index (Phi) is 17.6. The lowest BCUT2D eigenvalue weighted by molar-refractivity contribution is -0.384. The standard InChI is InChI=1S/C63H70ClN11O10S/c1-63(2)23-21-43(50(35-63)41-11-13-44(64)14-12-41)39-72-28-30-73(31-29-72)45-15-17-48(55(33-45)85-46-32-42-22-25-66-58(42)68-37-46)59(77)70-86(83,84)47-16-18-51(54(34-47)75(81)82)67-36-40-8-7-27-71(38-40)26-5-3-4-24-65-52-10-6-9-49-57(52)62(80)74(61(49)79)53-19-20-56(76)69-60(53)78/h6,9-18,22,25,32-34,37,40,53,65,67H,3-5,7-8,19-21,23-24,26-31,35-36,38-39H2,1-2H3,(H,66,68)(H,70,77)(H,69,76,78). The number of imide groups is 2. The van der Waals surface area contributed by atoms with Crippen LogP contribution in [0.15, 0.2) is 114 Å². The molecule has 4 aromatic carbocycles. The number of benzene rings is 4. The van der Waals surface area contributed by atoms with Crippen molar-refractivity contribution in [1.82, 2.24) is 34.7 Å². The third-order valence-corrected chi connectivity index (χ3v) is 18.7. The van der Waals surface area contributed by atoms with Gasteiger partial charge < -0.3 is 30.2 Å².